The van der Waals surface area contributed by atoms with Gasteiger partial charge in [0.1, 0.15) is 17.5 Å². The molecular weight excluding hydrogens is 312 g/mol. The van der Waals surface area contributed by atoms with Crippen molar-refractivity contribution in [2.45, 2.75) is 20.8 Å². The van der Waals surface area contributed by atoms with E-state index in [-0.39, 0.29) is 5.78 Å². The van der Waals surface area contributed by atoms with Crippen LogP contribution in [0.4, 0.5) is 23.0 Å². The van der Waals surface area contributed by atoms with Crippen molar-refractivity contribution in [3.63, 3.8) is 0 Å². The summed E-state index contributed by atoms with van der Waals surface area (Å²) in [5.41, 5.74) is 3.64. The number of Topliss-reactive ketones (excluding diaryl/α,β-unsaturated/α-hetero) is 1. The van der Waals surface area contributed by atoms with Gasteiger partial charge in [-0.15, -0.1) is 0 Å². The Morgan fingerprint density at radius 1 is 0.840 bits per heavy atom. The highest BCUT2D eigenvalue weighted by Gasteiger charge is 2.05. The van der Waals surface area contributed by atoms with E-state index < -0.39 is 0 Å². The first-order valence-electron chi connectivity index (χ1n) is 8.07. The molecule has 25 heavy (non-hydrogen) atoms. The third-order valence-corrected chi connectivity index (χ3v) is 3.70. The Morgan fingerprint density at radius 2 is 1.48 bits per heavy atom. The van der Waals surface area contributed by atoms with E-state index in [0.29, 0.717) is 23.0 Å². The molecule has 3 aromatic rings. The molecule has 2 aromatic carbocycles. The van der Waals surface area contributed by atoms with E-state index in [1.165, 1.54) is 5.56 Å². The van der Waals surface area contributed by atoms with Gasteiger partial charge in [-0.2, -0.15) is 0 Å². The van der Waals surface area contributed by atoms with Gasteiger partial charge in [0.2, 0.25) is 0 Å². The summed E-state index contributed by atoms with van der Waals surface area (Å²) in [7, 11) is 0. The van der Waals surface area contributed by atoms with Crippen LogP contribution in [0.3, 0.4) is 0 Å². The van der Waals surface area contributed by atoms with Crippen molar-refractivity contribution in [1.29, 1.82) is 0 Å². The van der Waals surface area contributed by atoms with E-state index in [1.54, 1.807) is 13.0 Å². The second-order valence-corrected chi connectivity index (χ2v) is 5.94. The third-order valence-electron chi connectivity index (χ3n) is 3.70. The number of nitrogens with one attached hydrogen (secondary N) is 2. The molecule has 1 aromatic heterocycles. The Kier molecular flexibility index (Phi) is 4.75. The Bertz CT molecular complexity index is 904. The van der Waals surface area contributed by atoms with Crippen molar-refractivity contribution in [2.24, 2.45) is 0 Å². The number of aryl methyl sites for hydroxylation is 2. The molecule has 5 heteroatoms. The van der Waals surface area contributed by atoms with E-state index in [2.05, 4.69) is 27.5 Å². The minimum atomic E-state index is 0.0317. The first-order valence-corrected chi connectivity index (χ1v) is 8.07. The monoisotopic (exact) mass is 332 g/mol. The van der Waals surface area contributed by atoms with Crippen molar-refractivity contribution >= 4 is 28.8 Å². The third kappa shape index (κ3) is 4.41. The van der Waals surface area contributed by atoms with Gasteiger partial charge in [0.15, 0.2) is 5.78 Å². The molecule has 0 atom stereocenters. The molecule has 0 aliphatic carbocycles. The molecule has 0 saturated carbocycles. The van der Waals surface area contributed by atoms with Gasteiger partial charge in [0.05, 0.1) is 0 Å². The zero-order chi connectivity index (χ0) is 17.8. The SMILES string of the molecule is CC(=O)c1cccc(Nc2cc(Nc3ccc(C)cc3)nc(C)n2)c1. The van der Waals surface area contributed by atoms with Gasteiger partial charge in [-0.3, -0.25) is 4.79 Å². The minimum absolute atomic E-state index is 0.0317. The number of rotatable bonds is 5. The second-order valence-electron chi connectivity index (χ2n) is 5.94. The molecule has 0 bridgehead atoms. The number of aromatic nitrogens is 2. The summed E-state index contributed by atoms with van der Waals surface area (Å²) in [6.45, 7) is 5.45. The molecule has 0 amide bonds. The van der Waals surface area contributed by atoms with Gasteiger partial charge >= 0.3 is 0 Å². The lowest BCUT2D eigenvalue weighted by Crippen LogP contribution is -2.02. The van der Waals surface area contributed by atoms with Crippen LogP contribution in [0.5, 0.6) is 0 Å². The summed E-state index contributed by atoms with van der Waals surface area (Å²) < 4.78 is 0. The maximum atomic E-state index is 11.5. The summed E-state index contributed by atoms with van der Waals surface area (Å²) in [6, 6.07) is 17.3. The summed E-state index contributed by atoms with van der Waals surface area (Å²) in [5, 5.41) is 6.51. The number of carbonyl (C=O) groups excluding carboxylic acids is 1. The fourth-order valence-electron chi connectivity index (χ4n) is 2.44. The number of ketones is 1. The van der Waals surface area contributed by atoms with Gasteiger partial charge < -0.3 is 10.6 Å². The van der Waals surface area contributed by atoms with Crippen molar-refractivity contribution in [1.82, 2.24) is 9.97 Å². The van der Waals surface area contributed by atoms with E-state index in [0.717, 1.165) is 11.4 Å². The molecule has 5 nitrogen and oxygen atoms in total. The van der Waals surface area contributed by atoms with Crippen LogP contribution in [0.15, 0.2) is 54.6 Å². The molecule has 0 saturated heterocycles. The van der Waals surface area contributed by atoms with Gasteiger partial charge in [0, 0.05) is 23.0 Å². The molecule has 1 heterocycles. The first kappa shape index (κ1) is 16.6. The predicted molar refractivity (Wildman–Crippen MR) is 101 cm³/mol. The Hall–Kier alpha value is -3.21. The molecule has 126 valence electrons. The number of carbonyl (C=O) groups is 1. The van der Waals surface area contributed by atoms with Crippen molar-refractivity contribution < 1.29 is 4.79 Å². The summed E-state index contributed by atoms with van der Waals surface area (Å²) >= 11 is 0. The van der Waals surface area contributed by atoms with Gasteiger partial charge in [-0.1, -0.05) is 29.8 Å². The number of nitrogens with zero attached hydrogens (tertiary/aromatic N) is 2. The van der Waals surface area contributed by atoms with E-state index >= 15 is 0 Å². The average Bonchev–Trinajstić information content (AvgIpc) is 2.57. The molecule has 3 rings (SSSR count). The Labute approximate surface area is 147 Å². The molecule has 0 radical (unpaired) electrons. The van der Waals surface area contributed by atoms with Crippen LogP contribution in [0, 0.1) is 13.8 Å². The number of hydrogen-bond donors (Lipinski definition) is 2. The maximum absolute atomic E-state index is 11.5. The molecule has 2 N–H and O–H groups in total. The highest BCUT2D eigenvalue weighted by Crippen LogP contribution is 2.21. The van der Waals surface area contributed by atoms with Gasteiger partial charge in [-0.25, -0.2) is 9.97 Å². The Morgan fingerprint density at radius 3 is 2.12 bits per heavy atom. The largest absolute Gasteiger partial charge is 0.340 e. The lowest BCUT2D eigenvalue weighted by atomic mass is 10.1. The van der Waals surface area contributed by atoms with Crippen LogP contribution in [0.2, 0.25) is 0 Å². The van der Waals surface area contributed by atoms with E-state index in [9.17, 15) is 4.79 Å². The van der Waals surface area contributed by atoms with Crippen LogP contribution < -0.4 is 10.6 Å². The van der Waals surface area contributed by atoms with Crippen molar-refractivity contribution in [2.75, 3.05) is 10.6 Å². The fourth-order valence-corrected chi connectivity index (χ4v) is 2.44. The second kappa shape index (κ2) is 7.13. The topological polar surface area (TPSA) is 66.9 Å². The zero-order valence-corrected chi connectivity index (χ0v) is 14.5. The van der Waals surface area contributed by atoms with Gasteiger partial charge in [-0.05, 0) is 45.0 Å². The molecule has 0 unspecified atom stereocenters. The first-order chi connectivity index (χ1) is 12.0. The summed E-state index contributed by atoms with van der Waals surface area (Å²) in [6.07, 6.45) is 0. The van der Waals surface area contributed by atoms with E-state index in [4.69, 9.17) is 0 Å². The predicted octanol–water partition coefficient (Wildman–Crippen LogP) is 4.78. The smallest absolute Gasteiger partial charge is 0.159 e. The standard InChI is InChI=1S/C20H20N4O/c1-13-7-9-17(10-8-13)23-19-12-20(22-15(3)21-19)24-18-6-4-5-16(11-18)14(2)25/h4-12H,1-3H3,(H2,21,22,23,24). The summed E-state index contributed by atoms with van der Waals surface area (Å²) in [4.78, 5) is 20.4. The van der Waals surface area contributed by atoms with Crippen LogP contribution in [-0.4, -0.2) is 15.8 Å². The Balaban J connectivity index is 1.83. The minimum Gasteiger partial charge on any atom is -0.340 e. The molecule has 0 aliphatic rings. The normalized spacial score (nSPS) is 10.4. The lowest BCUT2D eigenvalue weighted by Gasteiger charge is -2.11. The van der Waals surface area contributed by atoms with Crippen LogP contribution in [-0.2, 0) is 0 Å². The molecule has 0 fully saturated rings. The van der Waals surface area contributed by atoms with Crippen LogP contribution in [0.25, 0.3) is 0 Å². The quantitative estimate of drug-likeness (QED) is 0.658. The van der Waals surface area contributed by atoms with Crippen molar-refractivity contribution in [3.05, 3.63) is 71.5 Å². The van der Waals surface area contributed by atoms with E-state index in [1.807, 2.05) is 55.5 Å². The maximum Gasteiger partial charge on any atom is 0.159 e. The molecule has 0 spiro atoms. The highest BCUT2D eigenvalue weighted by atomic mass is 16.1. The lowest BCUT2D eigenvalue weighted by molar-refractivity contribution is 0.101. The zero-order valence-electron chi connectivity index (χ0n) is 14.5. The van der Waals surface area contributed by atoms with Crippen LogP contribution in [0.1, 0.15) is 28.7 Å². The average molecular weight is 332 g/mol. The molecular formula is C20H20N4O. The van der Waals surface area contributed by atoms with Gasteiger partial charge in [0.25, 0.3) is 0 Å². The van der Waals surface area contributed by atoms with Crippen LogP contribution >= 0.6 is 0 Å². The number of hydrogen-bond acceptors (Lipinski definition) is 5. The van der Waals surface area contributed by atoms with Crippen molar-refractivity contribution in [3.8, 4) is 0 Å². The summed E-state index contributed by atoms with van der Waals surface area (Å²) in [5.74, 6) is 2.07. The number of benzene rings is 2. The fraction of sp³-hybridized carbons (Fsp3) is 0.150. The number of anilines is 4. The molecule has 0 aliphatic heterocycles. The highest BCUT2D eigenvalue weighted by molar-refractivity contribution is 5.95.